The molecular weight excluding hydrogens is 318 g/mol. The Balaban J connectivity index is 1.68. The molecule has 22 heavy (non-hydrogen) atoms. The molecule has 0 N–H and O–H groups in total. The molecule has 3 nitrogen and oxygen atoms in total. The number of hydrogen-bond donors (Lipinski definition) is 0. The average Bonchev–Trinajstić information content (AvgIpc) is 3.05. The predicted octanol–water partition coefficient (Wildman–Crippen LogP) is 4.77. The molecule has 0 bridgehead atoms. The number of thiazole rings is 1. The first-order valence-corrected chi connectivity index (χ1v) is 7.90. The summed E-state index contributed by atoms with van der Waals surface area (Å²) in [6.07, 6.45) is 0. The molecular formula is C17H12ClNO2S. The van der Waals surface area contributed by atoms with E-state index in [0.717, 1.165) is 21.9 Å². The van der Waals surface area contributed by atoms with Crippen LogP contribution >= 0.6 is 22.9 Å². The Morgan fingerprint density at radius 1 is 1.09 bits per heavy atom. The fraction of sp³-hybridized carbons (Fsp3) is 0.0588. The van der Waals surface area contributed by atoms with Gasteiger partial charge in [0, 0.05) is 10.9 Å². The zero-order chi connectivity index (χ0) is 15.4. The lowest BCUT2D eigenvalue weighted by Gasteiger charge is -2.06. The van der Waals surface area contributed by atoms with Gasteiger partial charge in [-0.2, -0.15) is 0 Å². The van der Waals surface area contributed by atoms with Crippen LogP contribution in [0.25, 0.3) is 10.6 Å². The number of benzene rings is 2. The summed E-state index contributed by atoms with van der Waals surface area (Å²) in [7, 11) is 0. The summed E-state index contributed by atoms with van der Waals surface area (Å²) < 4.78 is 5.73. The minimum atomic E-state index is -0.537. The van der Waals surface area contributed by atoms with Crippen molar-refractivity contribution < 1.29 is 9.53 Å². The molecule has 0 atom stereocenters. The topological polar surface area (TPSA) is 39.2 Å². The molecule has 0 radical (unpaired) electrons. The Bertz CT molecular complexity index is 769. The Morgan fingerprint density at radius 2 is 1.82 bits per heavy atom. The predicted molar refractivity (Wildman–Crippen MR) is 88.5 cm³/mol. The zero-order valence-electron chi connectivity index (χ0n) is 11.5. The highest BCUT2D eigenvalue weighted by molar-refractivity contribution is 7.13. The maximum atomic E-state index is 11.1. The molecule has 3 aromatic rings. The van der Waals surface area contributed by atoms with Crippen LogP contribution in [0.3, 0.4) is 0 Å². The third-order valence-electron chi connectivity index (χ3n) is 3.06. The minimum Gasteiger partial charge on any atom is -0.489 e. The quantitative estimate of drug-likeness (QED) is 0.633. The van der Waals surface area contributed by atoms with Crippen molar-refractivity contribution in [2.45, 2.75) is 6.61 Å². The molecule has 0 aliphatic heterocycles. The molecule has 2 aromatic carbocycles. The molecule has 0 fully saturated rings. The van der Waals surface area contributed by atoms with Crippen molar-refractivity contribution in [3.8, 4) is 16.3 Å². The fourth-order valence-corrected chi connectivity index (χ4v) is 2.90. The van der Waals surface area contributed by atoms with E-state index in [2.05, 4.69) is 4.98 Å². The molecule has 1 heterocycles. The normalized spacial score (nSPS) is 10.4. The summed E-state index contributed by atoms with van der Waals surface area (Å²) in [4.78, 5) is 15.3. The molecule has 1 aromatic heterocycles. The van der Waals surface area contributed by atoms with Gasteiger partial charge in [-0.15, -0.1) is 11.3 Å². The van der Waals surface area contributed by atoms with E-state index in [9.17, 15) is 4.79 Å². The number of hydrogen-bond acceptors (Lipinski definition) is 4. The summed E-state index contributed by atoms with van der Waals surface area (Å²) in [6, 6.07) is 17.6. The first kappa shape index (κ1) is 14.8. The number of halogens is 1. The maximum Gasteiger partial charge on any atom is 0.271 e. The van der Waals surface area contributed by atoms with Gasteiger partial charge in [0.1, 0.15) is 23.1 Å². The van der Waals surface area contributed by atoms with Gasteiger partial charge in [-0.25, -0.2) is 4.98 Å². The molecule has 0 amide bonds. The second-order valence-corrected chi connectivity index (χ2v) is 5.81. The van der Waals surface area contributed by atoms with Gasteiger partial charge in [-0.1, -0.05) is 30.3 Å². The number of ether oxygens (including phenoxy) is 1. The number of carbonyl (C=O) groups excluding carboxylic acids is 1. The standard InChI is InChI=1S/C17H12ClNO2S/c18-16(20)15-11-22-17(19-15)13-6-8-14(9-7-13)21-10-12-4-2-1-3-5-12/h1-9,11H,10H2. The highest BCUT2D eigenvalue weighted by atomic mass is 35.5. The third kappa shape index (κ3) is 3.53. The van der Waals surface area contributed by atoms with Crippen LogP contribution in [0.15, 0.2) is 60.0 Å². The molecule has 110 valence electrons. The lowest BCUT2D eigenvalue weighted by molar-refractivity contribution is 0.107. The van der Waals surface area contributed by atoms with Crippen molar-refractivity contribution in [3.05, 3.63) is 71.2 Å². The van der Waals surface area contributed by atoms with Gasteiger partial charge < -0.3 is 4.74 Å². The van der Waals surface area contributed by atoms with E-state index in [1.807, 2.05) is 54.6 Å². The average molecular weight is 330 g/mol. The largest absolute Gasteiger partial charge is 0.489 e. The van der Waals surface area contributed by atoms with Gasteiger partial charge in [-0.05, 0) is 41.4 Å². The lowest BCUT2D eigenvalue weighted by atomic mass is 10.2. The summed E-state index contributed by atoms with van der Waals surface area (Å²) >= 11 is 6.80. The van der Waals surface area contributed by atoms with Crippen molar-refractivity contribution >= 4 is 28.2 Å². The highest BCUT2D eigenvalue weighted by Crippen LogP contribution is 2.26. The molecule has 0 aliphatic rings. The molecule has 3 rings (SSSR count). The molecule has 0 unspecified atom stereocenters. The van der Waals surface area contributed by atoms with Crippen LogP contribution in [-0.2, 0) is 6.61 Å². The van der Waals surface area contributed by atoms with Crippen LogP contribution < -0.4 is 4.74 Å². The maximum absolute atomic E-state index is 11.1. The van der Waals surface area contributed by atoms with Gasteiger partial charge in [0.2, 0.25) is 0 Å². The summed E-state index contributed by atoms with van der Waals surface area (Å²) in [6.45, 7) is 0.530. The molecule has 0 saturated heterocycles. The fourth-order valence-electron chi connectivity index (χ4n) is 1.93. The monoisotopic (exact) mass is 329 g/mol. The number of aromatic nitrogens is 1. The van der Waals surface area contributed by atoms with Crippen molar-refractivity contribution in [2.75, 3.05) is 0 Å². The number of nitrogens with zero attached hydrogens (tertiary/aromatic N) is 1. The van der Waals surface area contributed by atoms with Gasteiger partial charge >= 0.3 is 0 Å². The van der Waals surface area contributed by atoms with Crippen LogP contribution in [0.1, 0.15) is 16.1 Å². The Hall–Kier alpha value is -2.17. The molecule has 0 aliphatic carbocycles. The van der Waals surface area contributed by atoms with E-state index in [1.165, 1.54) is 11.3 Å². The van der Waals surface area contributed by atoms with Crippen molar-refractivity contribution in [1.82, 2.24) is 4.98 Å². The second-order valence-electron chi connectivity index (χ2n) is 4.61. The van der Waals surface area contributed by atoms with Crippen LogP contribution in [0.5, 0.6) is 5.75 Å². The highest BCUT2D eigenvalue weighted by Gasteiger charge is 2.09. The van der Waals surface area contributed by atoms with Crippen LogP contribution in [0.2, 0.25) is 0 Å². The smallest absolute Gasteiger partial charge is 0.271 e. The third-order valence-corrected chi connectivity index (χ3v) is 4.14. The van der Waals surface area contributed by atoms with Crippen molar-refractivity contribution in [3.63, 3.8) is 0 Å². The number of carbonyl (C=O) groups is 1. The lowest BCUT2D eigenvalue weighted by Crippen LogP contribution is -1.94. The zero-order valence-corrected chi connectivity index (χ0v) is 13.1. The van der Waals surface area contributed by atoms with Gasteiger partial charge in [0.25, 0.3) is 5.24 Å². The van der Waals surface area contributed by atoms with Gasteiger partial charge in [-0.3, -0.25) is 4.79 Å². The minimum absolute atomic E-state index is 0.283. The van der Waals surface area contributed by atoms with E-state index in [-0.39, 0.29) is 5.69 Å². The van der Waals surface area contributed by atoms with E-state index in [4.69, 9.17) is 16.3 Å². The number of rotatable bonds is 5. The molecule has 0 saturated carbocycles. The van der Waals surface area contributed by atoms with E-state index in [0.29, 0.717) is 6.61 Å². The van der Waals surface area contributed by atoms with E-state index in [1.54, 1.807) is 5.38 Å². The Morgan fingerprint density at radius 3 is 2.45 bits per heavy atom. The first-order valence-electron chi connectivity index (χ1n) is 6.65. The van der Waals surface area contributed by atoms with E-state index < -0.39 is 5.24 Å². The summed E-state index contributed by atoms with van der Waals surface area (Å²) in [5, 5.41) is 1.88. The van der Waals surface area contributed by atoms with Crippen LogP contribution in [-0.4, -0.2) is 10.2 Å². The van der Waals surface area contributed by atoms with E-state index >= 15 is 0 Å². The Kier molecular flexibility index (Phi) is 4.51. The second kappa shape index (κ2) is 6.73. The summed E-state index contributed by atoms with van der Waals surface area (Å²) in [5.74, 6) is 0.790. The summed E-state index contributed by atoms with van der Waals surface area (Å²) in [5.41, 5.74) is 2.34. The van der Waals surface area contributed by atoms with Crippen LogP contribution in [0, 0.1) is 0 Å². The molecule has 0 spiro atoms. The van der Waals surface area contributed by atoms with Crippen molar-refractivity contribution in [1.29, 1.82) is 0 Å². The van der Waals surface area contributed by atoms with Gasteiger partial charge in [0.05, 0.1) is 0 Å². The van der Waals surface area contributed by atoms with Crippen molar-refractivity contribution in [2.24, 2.45) is 0 Å². The van der Waals surface area contributed by atoms with Gasteiger partial charge in [0.15, 0.2) is 0 Å². The Labute approximate surface area is 137 Å². The molecule has 5 heteroatoms. The SMILES string of the molecule is O=C(Cl)c1csc(-c2ccc(OCc3ccccc3)cc2)n1. The first-order chi connectivity index (χ1) is 10.7. The van der Waals surface area contributed by atoms with Crippen LogP contribution in [0.4, 0.5) is 0 Å².